The summed E-state index contributed by atoms with van der Waals surface area (Å²) in [4.78, 5) is 12.0. The molecule has 0 radical (unpaired) electrons. The summed E-state index contributed by atoms with van der Waals surface area (Å²) in [5.41, 5.74) is 0. The van der Waals surface area contributed by atoms with Crippen LogP contribution in [0.5, 0.6) is 0 Å². The maximum absolute atomic E-state index is 5.73. The molecule has 0 saturated heterocycles. The number of imidazole rings is 1. The van der Waals surface area contributed by atoms with Gasteiger partial charge in [0.15, 0.2) is 0 Å². The smallest absolute Gasteiger partial charge is 0.224 e. The highest BCUT2D eigenvalue weighted by molar-refractivity contribution is 9.10. The molecule has 0 aliphatic heterocycles. The quantitative estimate of drug-likeness (QED) is 0.653. The lowest BCUT2D eigenvalue weighted by Crippen LogP contribution is -2.06. The monoisotopic (exact) mass is 329 g/mol. The second-order valence-electron chi connectivity index (χ2n) is 3.77. The van der Waals surface area contributed by atoms with Gasteiger partial charge in [0.05, 0.1) is 10.8 Å². The molecular formula is C11H13BrClN5. The Bertz CT molecular complexity index is 488. The first-order valence-electron chi connectivity index (χ1n) is 5.63. The molecule has 0 fully saturated rings. The van der Waals surface area contributed by atoms with E-state index in [2.05, 4.69) is 40.8 Å². The third-order valence-electron chi connectivity index (χ3n) is 2.41. The Morgan fingerprint density at radius 2 is 2.28 bits per heavy atom. The van der Waals surface area contributed by atoms with Gasteiger partial charge in [0.25, 0.3) is 0 Å². The zero-order valence-electron chi connectivity index (χ0n) is 9.68. The first kappa shape index (κ1) is 13.3. The van der Waals surface area contributed by atoms with Gasteiger partial charge in [-0.05, 0) is 40.4 Å². The Morgan fingerprint density at radius 1 is 1.39 bits per heavy atom. The lowest BCUT2D eigenvalue weighted by atomic mass is 10.3. The van der Waals surface area contributed by atoms with Crippen molar-refractivity contribution in [2.45, 2.75) is 19.4 Å². The molecule has 96 valence electrons. The SMILES string of the molecule is Clc1ncc(Br)c(NCCCCn2ccnc2)n1. The topological polar surface area (TPSA) is 55.6 Å². The van der Waals surface area contributed by atoms with E-state index >= 15 is 0 Å². The van der Waals surface area contributed by atoms with Crippen LogP contribution in [0.15, 0.2) is 29.4 Å². The molecule has 5 nitrogen and oxygen atoms in total. The minimum atomic E-state index is 0.249. The number of nitrogens with zero attached hydrogens (tertiary/aromatic N) is 4. The Kier molecular flexibility index (Phi) is 4.95. The Balaban J connectivity index is 1.70. The van der Waals surface area contributed by atoms with E-state index in [0.29, 0.717) is 0 Å². The van der Waals surface area contributed by atoms with Gasteiger partial charge in [0.2, 0.25) is 5.28 Å². The number of aromatic nitrogens is 4. The number of halogens is 2. The van der Waals surface area contributed by atoms with Crippen molar-refractivity contribution in [1.29, 1.82) is 0 Å². The summed E-state index contributed by atoms with van der Waals surface area (Å²) in [5.74, 6) is 0.734. The van der Waals surface area contributed by atoms with Crippen LogP contribution in [0.4, 0.5) is 5.82 Å². The average molecular weight is 331 g/mol. The second kappa shape index (κ2) is 6.70. The van der Waals surface area contributed by atoms with Crippen molar-refractivity contribution in [1.82, 2.24) is 19.5 Å². The molecule has 0 saturated carbocycles. The van der Waals surface area contributed by atoms with Crippen molar-refractivity contribution in [3.8, 4) is 0 Å². The molecule has 2 rings (SSSR count). The average Bonchev–Trinajstić information content (AvgIpc) is 2.86. The summed E-state index contributed by atoms with van der Waals surface area (Å²) >= 11 is 9.10. The number of hydrogen-bond acceptors (Lipinski definition) is 4. The highest BCUT2D eigenvalue weighted by Crippen LogP contribution is 2.19. The lowest BCUT2D eigenvalue weighted by molar-refractivity contribution is 0.620. The first-order chi connectivity index (χ1) is 8.75. The summed E-state index contributed by atoms with van der Waals surface area (Å²) in [6, 6.07) is 0. The molecule has 7 heteroatoms. The Labute approximate surface area is 119 Å². The molecular weight excluding hydrogens is 318 g/mol. The summed E-state index contributed by atoms with van der Waals surface area (Å²) in [7, 11) is 0. The lowest BCUT2D eigenvalue weighted by Gasteiger charge is -2.07. The van der Waals surface area contributed by atoms with E-state index in [0.717, 1.165) is 36.2 Å². The molecule has 0 aliphatic carbocycles. The Hall–Kier alpha value is -1.14. The fourth-order valence-electron chi connectivity index (χ4n) is 1.51. The molecule has 18 heavy (non-hydrogen) atoms. The number of nitrogens with one attached hydrogen (secondary N) is 1. The van der Waals surface area contributed by atoms with Gasteiger partial charge in [-0.25, -0.2) is 9.97 Å². The van der Waals surface area contributed by atoms with Crippen molar-refractivity contribution in [2.24, 2.45) is 0 Å². The van der Waals surface area contributed by atoms with Crippen molar-refractivity contribution in [2.75, 3.05) is 11.9 Å². The molecule has 0 spiro atoms. The van der Waals surface area contributed by atoms with Gasteiger partial charge in [-0.3, -0.25) is 0 Å². The second-order valence-corrected chi connectivity index (χ2v) is 4.96. The van der Waals surface area contributed by atoms with Gasteiger partial charge in [-0.1, -0.05) is 0 Å². The van der Waals surface area contributed by atoms with Crippen LogP contribution in [0, 0.1) is 0 Å². The highest BCUT2D eigenvalue weighted by Gasteiger charge is 2.02. The molecule has 0 aliphatic rings. The van der Waals surface area contributed by atoms with E-state index < -0.39 is 0 Å². The van der Waals surface area contributed by atoms with Crippen LogP contribution in [-0.4, -0.2) is 26.1 Å². The molecule has 0 amide bonds. The van der Waals surface area contributed by atoms with Crippen LogP contribution in [-0.2, 0) is 6.54 Å². The van der Waals surface area contributed by atoms with Gasteiger partial charge in [0.1, 0.15) is 5.82 Å². The largest absolute Gasteiger partial charge is 0.369 e. The predicted molar refractivity (Wildman–Crippen MR) is 74.7 cm³/mol. The molecule has 0 bridgehead atoms. The standard InChI is InChI=1S/C11H13BrClN5/c12-9-7-16-11(13)17-10(9)15-3-1-2-5-18-6-4-14-8-18/h4,6-8H,1-3,5H2,(H,15,16,17). The molecule has 0 atom stereocenters. The zero-order chi connectivity index (χ0) is 12.8. The van der Waals surface area contributed by atoms with Crippen LogP contribution in [0.3, 0.4) is 0 Å². The summed E-state index contributed by atoms with van der Waals surface area (Å²) in [6.45, 7) is 1.83. The van der Waals surface area contributed by atoms with Crippen molar-refractivity contribution >= 4 is 33.3 Å². The molecule has 2 heterocycles. The van der Waals surface area contributed by atoms with E-state index in [1.54, 1.807) is 12.4 Å². The number of rotatable bonds is 6. The van der Waals surface area contributed by atoms with Crippen LogP contribution >= 0.6 is 27.5 Å². The molecule has 0 unspecified atom stereocenters. The highest BCUT2D eigenvalue weighted by atomic mass is 79.9. The maximum atomic E-state index is 5.73. The first-order valence-corrected chi connectivity index (χ1v) is 6.80. The third-order valence-corrected chi connectivity index (χ3v) is 3.17. The molecule has 2 aromatic rings. The number of anilines is 1. The maximum Gasteiger partial charge on any atom is 0.224 e. The minimum Gasteiger partial charge on any atom is -0.369 e. The summed E-state index contributed by atoms with van der Waals surface area (Å²) in [5, 5.41) is 3.48. The predicted octanol–water partition coefficient (Wildman–Crippen LogP) is 2.98. The van der Waals surface area contributed by atoms with E-state index in [-0.39, 0.29) is 5.28 Å². The van der Waals surface area contributed by atoms with Gasteiger partial charge in [-0.2, -0.15) is 4.98 Å². The third kappa shape index (κ3) is 3.96. The van der Waals surface area contributed by atoms with Gasteiger partial charge in [-0.15, -0.1) is 0 Å². The van der Waals surface area contributed by atoms with E-state index in [4.69, 9.17) is 11.6 Å². The van der Waals surface area contributed by atoms with Gasteiger partial charge < -0.3 is 9.88 Å². The number of hydrogen-bond donors (Lipinski definition) is 1. The van der Waals surface area contributed by atoms with E-state index in [1.807, 2.05) is 12.5 Å². The minimum absolute atomic E-state index is 0.249. The molecule has 2 aromatic heterocycles. The van der Waals surface area contributed by atoms with Crippen LogP contribution in [0.25, 0.3) is 0 Å². The van der Waals surface area contributed by atoms with E-state index in [9.17, 15) is 0 Å². The van der Waals surface area contributed by atoms with Crippen molar-refractivity contribution < 1.29 is 0 Å². The zero-order valence-corrected chi connectivity index (χ0v) is 12.0. The normalized spacial score (nSPS) is 10.6. The molecule has 1 N–H and O–H groups in total. The summed E-state index contributed by atoms with van der Waals surface area (Å²) in [6.07, 6.45) is 9.36. The fourth-order valence-corrected chi connectivity index (χ4v) is 1.98. The fraction of sp³-hybridized carbons (Fsp3) is 0.364. The number of aryl methyl sites for hydroxylation is 1. The Morgan fingerprint density at radius 3 is 3.06 bits per heavy atom. The van der Waals surface area contributed by atoms with Gasteiger partial charge in [0, 0.05) is 31.7 Å². The summed E-state index contributed by atoms with van der Waals surface area (Å²) < 4.78 is 2.89. The number of unbranched alkanes of at least 4 members (excludes halogenated alkanes) is 1. The van der Waals surface area contributed by atoms with Crippen molar-refractivity contribution in [3.63, 3.8) is 0 Å². The van der Waals surface area contributed by atoms with Crippen molar-refractivity contribution in [3.05, 3.63) is 34.7 Å². The van der Waals surface area contributed by atoms with Crippen LogP contribution in [0.1, 0.15) is 12.8 Å². The van der Waals surface area contributed by atoms with Crippen LogP contribution in [0.2, 0.25) is 5.28 Å². The van der Waals surface area contributed by atoms with E-state index in [1.165, 1.54) is 0 Å². The van der Waals surface area contributed by atoms with Crippen LogP contribution < -0.4 is 5.32 Å². The molecule has 0 aromatic carbocycles. The van der Waals surface area contributed by atoms with Gasteiger partial charge >= 0.3 is 0 Å².